The minimum atomic E-state index is 0.109. The molecule has 0 aromatic carbocycles. The Hall–Kier alpha value is -0.790. The second kappa shape index (κ2) is 2.86. The lowest BCUT2D eigenvalue weighted by Crippen LogP contribution is -2.28. The van der Waals surface area contributed by atoms with Crippen LogP contribution in [0.5, 0.6) is 0 Å². The van der Waals surface area contributed by atoms with Gasteiger partial charge in [-0.1, -0.05) is 6.58 Å². The monoisotopic (exact) mass is 139 g/mol. The Morgan fingerprint density at radius 1 is 1.90 bits per heavy atom. The van der Waals surface area contributed by atoms with Gasteiger partial charge in [-0.2, -0.15) is 0 Å². The predicted octanol–water partition coefficient (Wildman–Crippen LogP) is 1.18. The minimum Gasteiger partial charge on any atom is -0.366 e. The molecule has 0 aromatic heterocycles. The van der Waals surface area contributed by atoms with Crippen LogP contribution in [-0.4, -0.2) is 23.8 Å². The Morgan fingerprint density at radius 3 is 3.00 bits per heavy atom. The Morgan fingerprint density at radius 2 is 2.60 bits per heavy atom. The molecule has 10 heavy (non-hydrogen) atoms. The number of nitrogens with zero attached hydrogens (tertiary/aromatic N) is 1. The van der Waals surface area contributed by atoms with E-state index in [9.17, 15) is 4.79 Å². The Bertz CT molecular complexity index is 153. The van der Waals surface area contributed by atoms with Gasteiger partial charge >= 0.3 is 0 Å². The summed E-state index contributed by atoms with van der Waals surface area (Å²) >= 11 is 0. The normalized spacial score (nSPS) is 25.5. The lowest BCUT2D eigenvalue weighted by Gasteiger charge is -2.20. The minimum absolute atomic E-state index is 0.109. The number of likely N-dealkylation sites (tertiary alicyclic amines) is 1. The van der Waals surface area contributed by atoms with Crippen LogP contribution in [0, 0.1) is 0 Å². The van der Waals surface area contributed by atoms with Crippen LogP contribution in [0.1, 0.15) is 19.8 Å². The topological polar surface area (TPSA) is 20.3 Å². The van der Waals surface area contributed by atoms with Crippen LogP contribution in [0.2, 0.25) is 0 Å². The zero-order valence-corrected chi connectivity index (χ0v) is 6.34. The quantitative estimate of drug-likeness (QED) is 0.535. The number of aldehydes is 1. The maximum absolute atomic E-state index is 10.4. The predicted molar refractivity (Wildman–Crippen MR) is 40.6 cm³/mol. The van der Waals surface area contributed by atoms with E-state index in [-0.39, 0.29) is 6.04 Å². The lowest BCUT2D eigenvalue weighted by molar-refractivity contribution is -0.111. The lowest BCUT2D eigenvalue weighted by atomic mass is 10.2. The second-order valence-corrected chi connectivity index (χ2v) is 2.59. The van der Waals surface area contributed by atoms with Gasteiger partial charge < -0.3 is 9.69 Å². The molecule has 0 amide bonds. The molecular weight excluding hydrogens is 126 g/mol. The van der Waals surface area contributed by atoms with Crippen molar-refractivity contribution in [2.75, 3.05) is 6.54 Å². The first kappa shape index (κ1) is 7.32. The van der Waals surface area contributed by atoms with Crippen molar-refractivity contribution in [2.24, 2.45) is 0 Å². The van der Waals surface area contributed by atoms with E-state index < -0.39 is 0 Å². The zero-order chi connectivity index (χ0) is 7.56. The van der Waals surface area contributed by atoms with Crippen molar-refractivity contribution in [1.82, 2.24) is 4.90 Å². The first-order valence-corrected chi connectivity index (χ1v) is 3.69. The Balaban J connectivity index is 2.62. The van der Waals surface area contributed by atoms with Gasteiger partial charge in [-0.25, -0.2) is 0 Å². The third-order valence-corrected chi connectivity index (χ3v) is 2.03. The first-order valence-electron chi connectivity index (χ1n) is 3.69. The number of hydrogen-bond acceptors (Lipinski definition) is 2. The molecule has 1 saturated heterocycles. The average Bonchev–Trinajstić information content (AvgIpc) is 2.30. The van der Waals surface area contributed by atoms with E-state index in [2.05, 4.69) is 11.5 Å². The van der Waals surface area contributed by atoms with Crippen LogP contribution in [-0.2, 0) is 4.79 Å². The fourth-order valence-corrected chi connectivity index (χ4v) is 1.45. The highest BCUT2D eigenvalue weighted by Gasteiger charge is 2.23. The van der Waals surface area contributed by atoms with E-state index in [1.54, 1.807) is 0 Å². The first-order chi connectivity index (χ1) is 4.79. The van der Waals surface area contributed by atoms with Crippen LogP contribution >= 0.6 is 0 Å². The molecule has 0 bridgehead atoms. The largest absolute Gasteiger partial charge is 0.366 e. The molecule has 2 heteroatoms. The van der Waals surface area contributed by atoms with Crippen molar-refractivity contribution in [3.8, 4) is 0 Å². The van der Waals surface area contributed by atoms with E-state index in [4.69, 9.17) is 0 Å². The highest BCUT2D eigenvalue weighted by molar-refractivity contribution is 5.59. The van der Waals surface area contributed by atoms with E-state index in [0.717, 1.165) is 31.4 Å². The molecule has 1 atom stereocenters. The summed E-state index contributed by atoms with van der Waals surface area (Å²) in [7, 11) is 0. The van der Waals surface area contributed by atoms with Gasteiger partial charge in [0.2, 0.25) is 0 Å². The highest BCUT2D eigenvalue weighted by atomic mass is 16.1. The number of hydrogen-bond donors (Lipinski definition) is 0. The molecule has 0 radical (unpaired) electrons. The zero-order valence-electron chi connectivity index (χ0n) is 6.34. The standard InChI is InChI=1S/C8H13NO/c1-3-9-7(2)4-5-8(9)6-10/h6,8H,2-5H2,1H3. The van der Waals surface area contributed by atoms with E-state index >= 15 is 0 Å². The fraction of sp³-hybridized carbons (Fsp3) is 0.625. The van der Waals surface area contributed by atoms with Gasteiger partial charge in [0.15, 0.2) is 0 Å². The van der Waals surface area contributed by atoms with Crippen molar-refractivity contribution in [1.29, 1.82) is 0 Å². The SMILES string of the molecule is C=C1CCC(C=O)N1CC. The number of carbonyl (C=O) groups excluding carboxylic acids is 1. The Kier molecular flexibility index (Phi) is 2.10. The number of rotatable bonds is 2. The summed E-state index contributed by atoms with van der Waals surface area (Å²) in [6.45, 7) is 6.83. The van der Waals surface area contributed by atoms with Crippen molar-refractivity contribution in [3.05, 3.63) is 12.3 Å². The van der Waals surface area contributed by atoms with Gasteiger partial charge in [0.05, 0.1) is 6.04 Å². The van der Waals surface area contributed by atoms with Gasteiger partial charge in [0, 0.05) is 12.2 Å². The summed E-state index contributed by atoms with van der Waals surface area (Å²) in [5.74, 6) is 0. The summed E-state index contributed by atoms with van der Waals surface area (Å²) in [6.07, 6.45) is 2.95. The highest BCUT2D eigenvalue weighted by Crippen LogP contribution is 2.23. The number of likely N-dealkylation sites (N-methyl/N-ethyl adjacent to an activating group) is 1. The molecule has 0 N–H and O–H groups in total. The summed E-state index contributed by atoms with van der Waals surface area (Å²) in [5, 5.41) is 0. The maximum Gasteiger partial charge on any atom is 0.142 e. The molecule has 56 valence electrons. The van der Waals surface area contributed by atoms with Gasteiger partial charge in [-0.3, -0.25) is 0 Å². The van der Waals surface area contributed by atoms with Gasteiger partial charge in [0.1, 0.15) is 6.29 Å². The summed E-state index contributed by atoms with van der Waals surface area (Å²) in [4.78, 5) is 12.5. The van der Waals surface area contributed by atoms with Crippen LogP contribution in [0.4, 0.5) is 0 Å². The van der Waals surface area contributed by atoms with Crippen LogP contribution in [0.25, 0.3) is 0 Å². The smallest absolute Gasteiger partial charge is 0.142 e. The average molecular weight is 139 g/mol. The molecule has 1 fully saturated rings. The maximum atomic E-state index is 10.4. The fourth-order valence-electron chi connectivity index (χ4n) is 1.45. The summed E-state index contributed by atoms with van der Waals surface area (Å²) in [5.41, 5.74) is 1.11. The van der Waals surface area contributed by atoms with Crippen LogP contribution < -0.4 is 0 Å². The summed E-state index contributed by atoms with van der Waals surface area (Å²) in [6, 6.07) is 0.109. The number of carbonyl (C=O) groups is 1. The molecule has 1 rings (SSSR count). The molecule has 0 saturated carbocycles. The third-order valence-electron chi connectivity index (χ3n) is 2.03. The Labute approximate surface area is 61.5 Å². The molecular formula is C8H13NO. The molecule has 1 aliphatic rings. The molecule has 2 nitrogen and oxygen atoms in total. The van der Waals surface area contributed by atoms with Crippen molar-refractivity contribution in [3.63, 3.8) is 0 Å². The van der Waals surface area contributed by atoms with E-state index in [1.165, 1.54) is 0 Å². The van der Waals surface area contributed by atoms with Crippen molar-refractivity contribution >= 4 is 6.29 Å². The number of allylic oxidation sites excluding steroid dienone is 1. The molecule has 0 spiro atoms. The molecule has 1 unspecified atom stereocenters. The van der Waals surface area contributed by atoms with Gasteiger partial charge in [-0.05, 0) is 19.8 Å². The molecule has 1 aliphatic heterocycles. The van der Waals surface area contributed by atoms with E-state index in [0.29, 0.717) is 0 Å². The van der Waals surface area contributed by atoms with Crippen molar-refractivity contribution < 1.29 is 4.79 Å². The molecule has 0 aromatic rings. The van der Waals surface area contributed by atoms with Crippen LogP contribution in [0.15, 0.2) is 12.3 Å². The van der Waals surface area contributed by atoms with E-state index in [1.807, 2.05) is 6.92 Å². The van der Waals surface area contributed by atoms with Crippen LogP contribution in [0.3, 0.4) is 0 Å². The van der Waals surface area contributed by atoms with Gasteiger partial charge in [-0.15, -0.1) is 0 Å². The molecule has 0 aliphatic carbocycles. The van der Waals surface area contributed by atoms with Gasteiger partial charge in [0.25, 0.3) is 0 Å². The molecule has 1 heterocycles. The van der Waals surface area contributed by atoms with Crippen molar-refractivity contribution in [2.45, 2.75) is 25.8 Å². The summed E-state index contributed by atoms with van der Waals surface area (Å²) < 4.78 is 0. The second-order valence-electron chi connectivity index (χ2n) is 2.59. The third kappa shape index (κ3) is 1.06.